The second-order valence-electron chi connectivity index (χ2n) is 5.55. The predicted molar refractivity (Wildman–Crippen MR) is 82.1 cm³/mol. The van der Waals surface area contributed by atoms with Gasteiger partial charge in [0.25, 0.3) is 0 Å². The molecular weight excluding hydrogens is 350 g/mol. The molecule has 1 N–H and O–H groups in total. The van der Waals surface area contributed by atoms with E-state index in [0.717, 1.165) is 21.1 Å². The molecule has 1 unspecified atom stereocenters. The largest absolute Gasteiger partial charge is 0.329 e. The fourth-order valence-corrected chi connectivity index (χ4v) is 3.56. The number of benzene rings is 1. The number of piperidine rings is 1. The van der Waals surface area contributed by atoms with Crippen LogP contribution in [0.5, 0.6) is 0 Å². The molecule has 0 radical (unpaired) electrons. The van der Waals surface area contributed by atoms with Crippen molar-refractivity contribution in [1.29, 1.82) is 0 Å². The van der Waals surface area contributed by atoms with Crippen LogP contribution in [0.4, 0.5) is 4.79 Å². The van der Waals surface area contributed by atoms with Gasteiger partial charge in [-0.15, -0.1) is 0 Å². The van der Waals surface area contributed by atoms with Crippen molar-refractivity contribution in [3.8, 4) is 0 Å². The maximum Gasteiger partial charge on any atom is 0.329 e. The Morgan fingerprint density at radius 3 is 2.77 bits per heavy atom. The molecule has 1 saturated heterocycles. The number of carbonyl (C=O) groups excluding carboxylic acids is 3. The van der Waals surface area contributed by atoms with E-state index >= 15 is 0 Å². The third-order valence-electron chi connectivity index (χ3n) is 4.20. The molecule has 3 heterocycles. The molecule has 4 rings (SSSR count). The predicted octanol–water partition coefficient (Wildman–Crippen LogP) is 1.99. The highest BCUT2D eigenvalue weighted by atomic mass is 79.9. The lowest BCUT2D eigenvalue weighted by Gasteiger charge is -2.28. The minimum atomic E-state index is -0.574. The van der Waals surface area contributed by atoms with E-state index in [2.05, 4.69) is 21.2 Å². The molecule has 1 aromatic heterocycles. The second kappa shape index (κ2) is 4.67. The Labute approximate surface area is 134 Å². The lowest BCUT2D eigenvalue weighted by Crippen LogP contribution is -2.52. The van der Waals surface area contributed by atoms with Gasteiger partial charge in [-0.25, -0.2) is 4.79 Å². The summed E-state index contributed by atoms with van der Waals surface area (Å²) in [5.41, 5.74) is 1.70. The summed E-state index contributed by atoms with van der Waals surface area (Å²) in [6, 6.07) is 6.91. The molecule has 1 atom stereocenters. The first-order valence-electron chi connectivity index (χ1n) is 6.99. The molecule has 6 nitrogen and oxygen atoms in total. The summed E-state index contributed by atoms with van der Waals surface area (Å²) in [7, 11) is 0. The number of amides is 3. The standard InChI is InChI=1S/C15H12BrN3O3/c16-9-1-2-11-8(5-9)6-10-7-18(15(22)19(10)11)12-3-4-13(20)17-14(12)21/h1-2,5-6,12H,3-4,7H2,(H,17,20,21). The molecule has 1 aromatic carbocycles. The molecule has 1 fully saturated rings. The van der Waals surface area contributed by atoms with Crippen LogP contribution in [-0.2, 0) is 16.1 Å². The maximum atomic E-state index is 12.7. The molecule has 3 amide bonds. The molecule has 0 spiro atoms. The van der Waals surface area contributed by atoms with Gasteiger partial charge in [0.05, 0.1) is 12.1 Å². The quantitative estimate of drug-likeness (QED) is 0.789. The third-order valence-corrected chi connectivity index (χ3v) is 4.69. The summed E-state index contributed by atoms with van der Waals surface area (Å²) >= 11 is 3.42. The minimum Gasteiger partial charge on any atom is -0.306 e. The fourth-order valence-electron chi connectivity index (χ4n) is 3.18. The van der Waals surface area contributed by atoms with Crippen LogP contribution in [-0.4, -0.2) is 33.4 Å². The molecule has 7 heteroatoms. The highest BCUT2D eigenvalue weighted by Gasteiger charge is 2.39. The Morgan fingerprint density at radius 2 is 2.00 bits per heavy atom. The number of carbonyl (C=O) groups is 3. The van der Waals surface area contributed by atoms with Gasteiger partial charge in [-0.3, -0.25) is 19.5 Å². The Balaban J connectivity index is 1.71. The van der Waals surface area contributed by atoms with Crippen LogP contribution in [0.25, 0.3) is 10.9 Å². The number of rotatable bonds is 1. The van der Waals surface area contributed by atoms with E-state index in [1.54, 1.807) is 9.47 Å². The Morgan fingerprint density at radius 1 is 1.18 bits per heavy atom. The van der Waals surface area contributed by atoms with Crippen molar-refractivity contribution >= 4 is 44.7 Å². The smallest absolute Gasteiger partial charge is 0.306 e. The number of imide groups is 1. The number of halogens is 1. The topological polar surface area (TPSA) is 71.4 Å². The van der Waals surface area contributed by atoms with Crippen LogP contribution in [0.3, 0.4) is 0 Å². The van der Waals surface area contributed by atoms with Crippen LogP contribution in [0.1, 0.15) is 18.5 Å². The van der Waals surface area contributed by atoms with Gasteiger partial charge in [0.15, 0.2) is 0 Å². The summed E-state index contributed by atoms with van der Waals surface area (Å²) in [5.74, 6) is -0.662. The summed E-state index contributed by atoms with van der Waals surface area (Å²) in [5, 5.41) is 3.29. The molecule has 112 valence electrons. The monoisotopic (exact) mass is 361 g/mol. The number of nitrogens with zero attached hydrogens (tertiary/aromatic N) is 2. The lowest BCUT2D eigenvalue weighted by molar-refractivity contribution is -0.136. The van der Waals surface area contributed by atoms with Gasteiger partial charge in [-0.05, 0) is 30.7 Å². The van der Waals surface area contributed by atoms with Crippen molar-refractivity contribution < 1.29 is 14.4 Å². The molecule has 2 aliphatic rings. The first kappa shape index (κ1) is 13.5. The summed E-state index contributed by atoms with van der Waals surface area (Å²) in [6.07, 6.45) is 0.646. The number of hydrogen-bond acceptors (Lipinski definition) is 3. The molecular formula is C15H12BrN3O3. The zero-order valence-electron chi connectivity index (χ0n) is 11.5. The van der Waals surface area contributed by atoms with Gasteiger partial charge >= 0.3 is 6.03 Å². The first-order chi connectivity index (χ1) is 10.5. The zero-order valence-corrected chi connectivity index (χ0v) is 13.1. The van der Waals surface area contributed by atoms with E-state index in [1.807, 2.05) is 24.3 Å². The van der Waals surface area contributed by atoms with E-state index in [9.17, 15) is 14.4 Å². The average Bonchev–Trinajstić information content (AvgIpc) is 2.95. The molecule has 2 aromatic rings. The minimum absolute atomic E-state index is 0.207. The van der Waals surface area contributed by atoms with Crippen molar-refractivity contribution in [3.63, 3.8) is 0 Å². The molecule has 22 heavy (non-hydrogen) atoms. The van der Waals surface area contributed by atoms with Gasteiger partial charge in [0, 0.05) is 22.0 Å². The number of nitrogens with one attached hydrogen (secondary N) is 1. The van der Waals surface area contributed by atoms with E-state index in [4.69, 9.17) is 0 Å². The summed E-state index contributed by atoms with van der Waals surface area (Å²) < 4.78 is 2.60. The van der Waals surface area contributed by atoms with Gasteiger partial charge in [0.1, 0.15) is 6.04 Å². The van der Waals surface area contributed by atoms with E-state index < -0.39 is 6.04 Å². The number of fused-ring (bicyclic) bond motifs is 3. The fraction of sp³-hybridized carbons (Fsp3) is 0.267. The maximum absolute atomic E-state index is 12.7. The van der Waals surface area contributed by atoms with E-state index in [0.29, 0.717) is 13.0 Å². The lowest BCUT2D eigenvalue weighted by atomic mass is 10.0. The highest BCUT2D eigenvalue weighted by molar-refractivity contribution is 9.10. The number of hydrogen-bond donors (Lipinski definition) is 1. The third kappa shape index (κ3) is 1.89. The highest BCUT2D eigenvalue weighted by Crippen LogP contribution is 2.31. The van der Waals surface area contributed by atoms with Gasteiger partial charge < -0.3 is 4.90 Å². The van der Waals surface area contributed by atoms with Crippen LogP contribution in [0, 0.1) is 0 Å². The Bertz CT molecular complexity index is 842. The van der Waals surface area contributed by atoms with Crippen molar-refractivity contribution in [2.75, 3.05) is 0 Å². The van der Waals surface area contributed by atoms with Crippen LogP contribution in [0.2, 0.25) is 0 Å². The number of aromatic nitrogens is 1. The van der Waals surface area contributed by atoms with E-state index in [1.165, 1.54) is 0 Å². The molecule has 2 aliphatic heterocycles. The molecule has 0 saturated carbocycles. The van der Waals surface area contributed by atoms with Gasteiger partial charge in [0.2, 0.25) is 11.8 Å². The Kier molecular flexibility index (Phi) is 2.87. The van der Waals surface area contributed by atoms with Crippen LogP contribution in [0.15, 0.2) is 28.7 Å². The van der Waals surface area contributed by atoms with Crippen LogP contribution >= 0.6 is 15.9 Å². The van der Waals surface area contributed by atoms with Gasteiger partial charge in [-0.1, -0.05) is 15.9 Å². The molecule has 0 bridgehead atoms. The zero-order chi connectivity index (χ0) is 15.4. The SMILES string of the molecule is O=C1CCC(N2Cc3cc4cc(Br)ccc4n3C2=O)C(=O)N1. The molecule has 0 aliphatic carbocycles. The average molecular weight is 362 g/mol. The van der Waals surface area contributed by atoms with Crippen molar-refractivity contribution in [1.82, 2.24) is 14.8 Å². The van der Waals surface area contributed by atoms with Crippen molar-refractivity contribution in [2.24, 2.45) is 0 Å². The van der Waals surface area contributed by atoms with Gasteiger partial charge in [-0.2, -0.15) is 0 Å². The van der Waals surface area contributed by atoms with E-state index in [-0.39, 0.29) is 24.3 Å². The first-order valence-corrected chi connectivity index (χ1v) is 7.78. The second-order valence-corrected chi connectivity index (χ2v) is 6.47. The van der Waals surface area contributed by atoms with Crippen LogP contribution < -0.4 is 5.32 Å². The Hall–Kier alpha value is -2.15. The van der Waals surface area contributed by atoms with Crippen molar-refractivity contribution in [3.05, 3.63) is 34.4 Å². The normalized spacial score (nSPS) is 21.4. The summed E-state index contributed by atoms with van der Waals surface area (Å²) in [6.45, 7) is 0.386. The van der Waals surface area contributed by atoms with Crippen molar-refractivity contribution in [2.45, 2.75) is 25.4 Å². The summed E-state index contributed by atoms with van der Waals surface area (Å²) in [4.78, 5) is 37.5.